The van der Waals surface area contributed by atoms with Crippen LogP contribution in [0.4, 0.5) is 0 Å². The molecule has 0 N–H and O–H groups in total. The average molecular weight is 286 g/mol. The lowest BCUT2D eigenvalue weighted by atomic mass is 10.4. The van der Waals surface area contributed by atoms with E-state index in [4.69, 9.17) is 4.74 Å². The van der Waals surface area contributed by atoms with Crippen LogP contribution in [0.15, 0.2) is 9.50 Å². The van der Waals surface area contributed by atoms with Gasteiger partial charge in [0.2, 0.25) is 5.16 Å². The summed E-state index contributed by atoms with van der Waals surface area (Å²) in [7, 11) is 1.67. The molecule has 2 aromatic heterocycles. The number of methoxy groups -OCH3 is 1. The first-order valence-corrected chi connectivity index (χ1v) is 7.07. The van der Waals surface area contributed by atoms with E-state index in [1.54, 1.807) is 11.8 Å². The van der Waals surface area contributed by atoms with Gasteiger partial charge in [-0.3, -0.25) is 0 Å². The van der Waals surface area contributed by atoms with E-state index in [9.17, 15) is 0 Å². The fraction of sp³-hybridized carbons (Fsp3) is 0.667. The van der Waals surface area contributed by atoms with Gasteiger partial charge in [0.05, 0.1) is 12.6 Å². The van der Waals surface area contributed by atoms with E-state index in [0.717, 1.165) is 21.7 Å². The summed E-state index contributed by atoms with van der Waals surface area (Å²) < 4.78 is 11.9. The second kappa shape index (κ2) is 6.21. The van der Waals surface area contributed by atoms with Gasteiger partial charge in [-0.1, -0.05) is 0 Å². The molecular weight excluding hydrogens is 272 g/mol. The minimum atomic E-state index is 0.225. The van der Waals surface area contributed by atoms with Gasteiger partial charge in [-0.05, 0) is 47.6 Å². The fourth-order valence-corrected chi connectivity index (χ4v) is 2.90. The molecule has 2 rings (SSSR count). The van der Waals surface area contributed by atoms with Crippen molar-refractivity contribution < 1.29 is 4.74 Å². The van der Waals surface area contributed by atoms with Crippen molar-refractivity contribution in [2.75, 3.05) is 13.7 Å². The van der Waals surface area contributed by atoms with Gasteiger partial charge in [0, 0.05) is 13.5 Å². The smallest absolute Gasteiger partial charge is 0.216 e. The predicted molar refractivity (Wildman–Crippen MR) is 67.8 cm³/mol. The molecule has 0 bridgehead atoms. The summed E-state index contributed by atoms with van der Waals surface area (Å²) in [5.74, 6) is 0.799. The van der Waals surface area contributed by atoms with Crippen LogP contribution in [-0.2, 0) is 11.2 Å². The van der Waals surface area contributed by atoms with E-state index in [2.05, 4.69) is 24.9 Å². The maximum atomic E-state index is 4.99. The van der Waals surface area contributed by atoms with Gasteiger partial charge in [0.15, 0.2) is 4.34 Å². The largest absolute Gasteiger partial charge is 0.384 e. The summed E-state index contributed by atoms with van der Waals surface area (Å²) in [5, 5.41) is 12.3. The molecule has 98 valence electrons. The fourth-order valence-electron chi connectivity index (χ4n) is 1.23. The highest BCUT2D eigenvalue weighted by Gasteiger charge is 2.13. The molecule has 7 nitrogen and oxygen atoms in total. The molecule has 0 unspecified atom stereocenters. The molecule has 0 saturated carbocycles. The van der Waals surface area contributed by atoms with E-state index >= 15 is 0 Å². The summed E-state index contributed by atoms with van der Waals surface area (Å²) in [6.07, 6.45) is 0.725. The second-order valence-electron chi connectivity index (χ2n) is 3.82. The molecule has 2 aromatic rings. The molecular formula is C9H14N6OS2. The number of nitrogens with zero attached hydrogens (tertiary/aromatic N) is 6. The maximum Gasteiger partial charge on any atom is 0.216 e. The summed E-state index contributed by atoms with van der Waals surface area (Å²) in [5.41, 5.74) is 0. The number of aromatic nitrogens is 6. The van der Waals surface area contributed by atoms with Crippen molar-refractivity contribution >= 4 is 23.3 Å². The van der Waals surface area contributed by atoms with Crippen LogP contribution in [0, 0.1) is 0 Å². The SMILES string of the molecule is COCCc1nsc(Sc2nnnn2C(C)C)n1. The molecule has 0 aliphatic carbocycles. The summed E-state index contributed by atoms with van der Waals surface area (Å²) >= 11 is 2.79. The van der Waals surface area contributed by atoms with E-state index in [1.807, 2.05) is 13.8 Å². The first kappa shape index (κ1) is 13.4. The van der Waals surface area contributed by atoms with Gasteiger partial charge < -0.3 is 4.74 Å². The summed E-state index contributed by atoms with van der Waals surface area (Å²) in [6.45, 7) is 4.69. The number of ether oxygens (including phenoxy) is 1. The van der Waals surface area contributed by atoms with E-state index < -0.39 is 0 Å². The Bertz CT molecular complexity index is 497. The molecule has 0 radical (unpaired) electrons. The zero-order chi connectivity index (χ0) is 13.0. The van der Waals surface area contributed by atoms with Crippen LogP contribution in [0.2, 0.25) is 0 Å². The van der Waals surface area contributed by atoms with Crippen molar-refractivity contribution in [3.05, 3.63) is 5.82 Å². The number of hydrogen-bond donors (Lipinski definition) is 0. The first-order valence-electron chi connectivity index (χ1n) is 5.48. The molecule has 0 spiro atoms. The van der Waals surface area contributed by atoms with Crippen LogP contribution in [0.25, 0.3) is 0 Å². The Balaban J connectivity index is 2.04. The molecule has 0 amide bonds. The monoisotopic (exact) mass is 286 g/mol. The van der Waals surface area contributed by atoms with Crippen molar-refractivity contribution in [3.8, 4) is 0 Å². The summed E-state index contributed by atoms with van der Waals surface area (Å²) in [6, 6.07) is 0.225. The highest BCUT2D eigenvalue weighted by molar-refractivity contribution is 8.00. The van der Waals surface area contributed by atoms with Gasteiger partial charge in [-0.15, -0.1) is 5.10 Å². The Labute approximate surface area is 113 Å². The van der Waals surface area contributed by atoms with Gasteiger partial charge in [0.25, 0.3) is 0 Å². The van der Waals surface area contributed by atoms with Gasteiger partial charge >= 0.3 is 0 Å². The van der Waals surface area contributed by atoms with E-state index in [1.165, 1.54) is 23.3 Å². The molecule has 0 aliphatic rings. The lowest BCUT2D eigenvalue weighted by molar-refractivity contribution is 0.200. The Kier molecular flexibility index (Phi) is 4.61. The molecule has 0 aliphatic heterocycles. The Morgan fingerprint density at radius 2 is 2.28 bits per heavy atom. The normalized spacial score (nSPS) is 11.3. The first-order chi connectivity index (χ1) is 8.70. The van der Waals surface area contributed by atoms with Crippen LogP contribution in [0.3, 0.4) is 0 Å². The van der Waals surface area contributed by atoms with Crippen molar-refractivity contribution in [1.29, 1.82) is 0 Å². The third kappa shape index (κ3) is 3.24. The number of hydrogen-bond acceptors (Lipinski definition) is 8. The molecule has 0 fully saturated rings. The molecule has 9 heteroatoms. The Morgan fingerprint density at radius 1 is 1.44 bits per heavy atom. The third-order valence-electron chi connectivity index (χ3n) is 2.11. The van der Waals surface area contributed by atoms with Crippen molar-refractivity contribution in [2.45, 2.75) is 35.8 Å². The highest BCUT2D eigenvalue weighted by Crippen LogP contribution is 2.28. The van der Waals surface area contributed by atoms with Gasteiger partial charge in [-0.2, -0.15) is 4.37 Å². The molecule has 2 heterocycles. The Morgan fingerprint density at radius 3 is 3.00 bits per heavy atom. The average Bonchev–Trinajstić information content (AvgIpc) is 2.96. The molecule has 0 atom stereocenters. The zero-order valence-corrected chi connectivity index (χ0v) is 12.0. The lowest BCUT2D eigenvalue weighted by Crippen LogP contribution is -2.04. The van der Waals surface area contributed by atoms with Crippen LogP contribution in [0.5, 0.6) is 0 Å². The number of rotatable bonds is 6. The van der Waals surface area contributed by atoms with Crippen LogP contribution in [-0.4, -0.2) is 43.3 Å². The molecule has 18 heavy (non-hydrogen) atoms. The number of tetrazole rings is 1. The molecule has 0 aromatic carbocycles. The predicted octanol–water partition coefficient (Wildman–Crippen LogP) is 1.45. The summed E-state index contributed by atoms with van der Waals surface area (Å²) in [4.78, 5) is 4.40. The van der Waals surface area contributed by atoms with Gasteiger partial charge in [-0.25, -0.2) is 9.67 Å². The minimum Gasteiger partial charge on any atom is -0.384 e. The van der Waals surface area contributed by atoms with Crippen LogP contribution in [0.1, 0.15) is 25.7 Å². The maximum absolute atomic E-state index is 4.99. The van der Waals surface area contributed by atoms with Crippen LogP contribution < -0.4 is 0 Å². The van der Waals surface area contributed by atoms with E-state index in [0.29, 0.717) is 6.61 Å². The topological polar surface area (TPSA) is 78.6 Å². The van der Waals surface area contributed by atoms with Crippen LogP contribution >= 0.6 is 23.3 Å². The highest BCUT2D eigenvalue weighted by atomic mass is 32.2. The van der Waals surface area contributed by atoms with Gasteiger partial charge in [0.1, 0.15) is 5.82 Å². The van der Waals surface area contributed by atoms with E-state index in [-0.39, 0.29) is 6.04 Å². The quantitative estimate of drug-likeness (QED) is 0.795. The second-order valence-corrected chi connectivity index (χ2v) is 5.79. The zero-order valence-electron chi connectivity index (χ0n) is 10.4. The standard InChI is InChI=1S/C9H14N6OS2/c1-6(2)15-8(11-13-14-15)17-9-10-7(12-18-9)4-5-16-3/h6H,4-5H2,1-3H3. The Hall–Kier alpha value is -1.06. The van der Waals surface area contributed by atoms with Crippen molar-refractivity contribution in [1.82, 2.24) is 29.6 Å². The lowest BCUT2D eigenvalue weighted by Gasteiger charge is -2.04. The van der Waals surface area contributed by atoms with Crippen molar-refractivity contribution in [2.24, 2.45) is 0 Å². The minimum absolute atomic E-state index is 0.225. The van der Waals surface area contributed by atoms with Crippen molar-refractivity contribution in [3.63, 3.8) is 0 Å². The molecule has 0 saturated heterocycles. The third-order valence-corrected chi connectivity index (χ3v) is 3.85.